The lowest BCUT2D eigenvalue weighted by Crippen LogP contribution is -2.49. The lowest BCUT2D eigenvalue weighted by atomic mass is 9.95. The Bertz CT molecular complexity index is 1690. The van der Waals surface area contributed by atoms with Gasteiger partial charge in [0.2, 0.25) is 11.8 Å². The van der Waals surface area contributed by atoms with Crippen LogP contribution in [0.3, 0.4) is 0 Å². The number of halogens is 1. The number of hydrogen-bond acceptors (Lipinski definition) is 6. The molecule has 0 spiro atoms. The van der Waals surface area contributed by atoms with Crippen molar-refractivity contribution < 1.29 is 19.5 Å². The summed E-state index contributed by atoms with van der Waals surface area (Å²) in [5.74, 6) is -1.87. The maximum absolute atomic E-state index is 13.6. The number of amides is 2. The molecule has 0 radical (unpaired) electrons. The van der Waals surface area contributed by atoms with Crippen molar-refractivity contribution in [1.82, 2.24) is 19.9 Å². The summed E-state index contributed by atoms with van der Waals surface area (Å²) in [5, 5.41) is 29.7. The number of nitrogens with zero attached hydrogens (tertiary/aromatic N) is 5. The molecular formula is C30H23ClN6O4. The van der Waals surface area contributed by atoms with Crippen LogP contribution >= 0.6 is 11.6 Å². The maximum atomic E-state index is 13.6. The van der Waals surface area contributed by atoms with E-state index in [1.54, 1.807) is 59.5 Å². The average molecular weight is 567 g/mol. The fraction of sp³-hybridized carbons (Fsp3) is 0.133. The van der Waals surface area contributed by atoms with Gasteiger partial charge in [-0.15, -0.1) is 5.10 Å². The molecule has 1 aromatic heterocycles. The van der Waals surface area contributed by atoms with E-state index in [9.17, 15) is 19.6 Å². The molecule has 4 aromatic rings. The Hall–Kier alpha value is -5.27. The fourth-order valence-electron chi connectivity index (χ4n) is 4.74. The highest BCUT2D eigenvalue weighted by molar-refractivity contribution is 6.30. The molecule has 0 aliphatic carbocycles. The Morgan fingerprint density at radius 3 is 2.61 bits per heavy atom. The van der Waals surface area contributed by atoms with E-state index in [2.05, 4.69) is 21.7 Å². The third kappa shape index (κ3) is 6.16. The lowest BCUT2D eigenvalue weighted by molar-refractivity contribution is -0.135. The number of rotatable bonds is 8. The summed E-state index contributed by atoms with van der Waals surface area (Å²) >= 11 is 6.30. The second-order valence-electron chi connectivity index (χ2n) is 9.36. The molecule has 10 nitrogen and oxygen atoms in total. The molecule has 2 N–H and O–H groups in total. The molecule has 2 amide bonds. The number of carbonyl (C=O) groups excluding carboxylic acids is 2. The monoisotopic (exact) mass is 566 g/mol. The Morgan fingerprint density at radius 1 is 1.12 bits per heavy atom. The molecule has 0 saturated carbocycles. The van der Waals surface area contributed by atoms with E-state index in [0.29, 0.717) is 28.4 Å². The maximum Gasteiger partial charge on any atom is 0.335 e. The first-order chi connectivity index (χ1) is 19.8. The highest BCUT2D eigenvalue weighted by Crippen LogP contribution is 2.31. The molecule has 2 heterocycles. The number of carboxylic acid groups (broad SMARTS) is 1. The second kappa shape index (κ2) is 11.9. The molecular weight excluding hydrogens is 544 g/mol. The minimum absolute atomic E-state index is 0.0861. The summed E-state index contributed by atoms with van der Waals surface area (Å²) in [6.45, 7) is 0.252. The topological polar surface area (TPSA) is 141 Å². The predicted octanol–water partition coefficient (Wildman–Crippen LogP) is 4.36. The molecule has 11 heteroatoms. The van der Waals surface area contributed by atoms with Gasteiger partial charge in [0.25, 0.3) is 0 Å². The second-order valence-corrected chi connectivity index (χ2v) is 9.80. The first-order valence-corrected chi connectivity index (χ1v) is 13.0. The van der Waals surface area contributed by atoms with Gasteiger partial charge in [-0.1, -0.05) is 28.9 Å². The van der Waals surface area contributed by atoms with Crippen molar-refractivity contribution in [3.05, 3.63) is 112 Å². The van der Waals surface area contributed by atoms with Crippen LogP contribution in [-0.2, 0) is 16.0 Å². The van der Waals surface area contributed by atoms with Crippen LogP contribution in [0.1, 0.15) is 33.5 Å². The van der Waals surface area contributed by atoms with Gasteiger partial charge >= 0.3 is 5.97 Å². The zero-order valence-corrected chi connectivity index (χ0v) is 22.3. The molecule has 0 bridgehead atoms. The molecule has 41 heavy (non-hydrogen) atoms. The van der Waals surface area contributed by atoms with Crippen LogP contribution in [0.2, 0.25) is 5.02 Å². The third-order valence-corrected chi connectivity index (χ3v) is 6.98. The predicted molar refractivity (Wildman–Crippen MR) is 151 cm³/mol. The van der Waals surface area contributed by atoms with Crippen LogP contribution in [0.15, 0.2) is 85.2 Å². The van der Waals surface area contributed by atoms with Crippen molar-refractivity contribution in [3.63, 3.8) is 0 Å². The largest absolute Gasteiger partial charge is 0.478 e. The quantitative estimate of drug-likeness (QED) is 0.323. The van der Waals surface area contributed by atoms with E-state index in [1.807, 2.05) is 0 Å². The Morgan fingerprint density at radius 2 is 1.93 bits per heavy atom. The van der Waals surface area contributed by atoms with E-state index in [0.717, 1.165) is 16.7 Å². The molecule has 1 atom stereocenters. The number of nitrogens with one attached hydrogen (secondary N) is 1. The standard InChI is InChI=1S/C30H23ClN6O4/c31-23-6-9-26(37-13-11-33-35-37)25(17-23)22-10-12-36(28(38)16-22)27(15-19-2-1-3-20(14-19)18-32)29(39)34-24-7-4-21(5-8-24)30(40)41/h1-9,11,13-14,16-17,27H,10,12,15H2,(H,34,39)(H,40,41)/t27-/m0/s1. The normalized spacial score (nSPS) is 13.7. The van der Waals surface area contributed by atoms with Crippen molar-refractivity contribution in [1.29, 1.82) is 5.26 Å². The van der Waals surface area contributed by atoms with Gasteiger partial charge in [-0.25, -0.2) is 9.48 Å². The van der Waals surface area contributed by atoms with Gasteiger partial charge in [0, 0.05) is 35.3 Å². The zero-order chi connectivity index (χ0) is 28.9. The summed E-state index contributed by atoms with van der Waals surface area (Å²) in [6.07, 6.45) is 5.38. The molecule has 1 aliphatic heterocycles. The van der Waals surface area contributed by atoms with Crippen molar-refractivity contribution in [3.8, 4) is 11.8 Å². The number of nitriles is 1. The zero-order valence-electron chi connectivity index (χ0n) is 21.6. The van der Waals surface area contributed by atoms with Gasteiger partial charge in [-0.05, 0) is 72.2 Å². The number of aromatic carboxylic acids is 1. The van der Waals surface area contributed by atoms with Crippen LogP contribution in [0.4, 0.5) is 5.69 Å². The van der Waals surface area contributed by atoms with Gasteiger partial charge in [0.1, 0.15) is 6.04 Å². The van der Waals surface area contributed by atoms with Crippen molar-refractivity contribution in [2.75, 3.05) is 11.9 Å². The van der Waals surface area contributed by atoms with E-state index in [-0.39, 0.29) is 24.4 Å². The number of hydrogen-bond donors (Lipinski definition) is 2. The smallest absolute Gasteiger partial charge is 0.335 e. The number of carbonyl (C=O) groups is 3. The third-order valence-electron chi connectivity index (χ3n) is 6.74. The summed E-state index contributed by atoms with van der Waals surface area (Å²) < 4.78 is 1.59. The SMILES string of the molecule is N#Cc1cccc(C[C@@H](C(=O)Nc2ccc(C(=O)O)cc2)N2CCC(c3cc(Cl)ccc3-n3ccnn3)=CC2=O)c1. The van der Waals surface area contributed by atoms with Crippen LogP contribution in [0.5, 0.6) is 0 Å². The molecule has 5 rings (SSSR count). The van der Waals surface area contributed by atoms with E-state index < -0.39 is 17.9 Å². The van der Waals surface area contributed by atoms with E-state index in [4.69, 9.17) is 16.7 Å². The van der Waals surface area contributed by atoms with Crippen molar-refractivity contribution in [2.45, 2.75) is 18.9 Å². The molecule has 0 unspecified atom stereocenters. The van der Waals surface area contributed by atoms with Crippen LogP contribution in [-0.4, -0.2) is 55.4 Å². The summed E-state index contributed by atoms with van der Waals surface area (Å²) in [7, 11) is 0. The van der Waals surface area contributed by atoms with E-state index in [1.165, 1.54) is 35.2 Å². The highest BCUT2D eigenvalue weighted by Gasteiger charge is 2.32. The number of carboxylic acids is 1. The first-order valence-electron chi connectivity index (χ1n) is 12.6. The van der Waals surface area contributed by atoms with Crippen LogP contribution in [0.25, 0.3) is 11.3 Å². The Labute approximate surface area is 240 Å². The fourth-order valence-corrected chi connectivity index (χ4v) is 4.91. The molecule has 0 fully saturated rings. The Balaban J connectivity index is 1.45. The lowest BCUT2D eigenvalue weighted by Gasteiger charge is -2.34. The number of aromatic nitrogens is 3. The average Bonchev–Trinajstić information content (AvgIpc) is 3.51. The minimum Gasteiger partial charge on any atom is -0.478 e. The first kappa shape index (κ1) is 27.3. The minimum atomic E-state index is -1.08. The summed E-state index contributed by atoms with van der Waals surface area (Å²) in [6, 6.07) is 19.2. The number of anilines is 1. The molecule has 3 aromatic carbocycles. The van der Waals surface area contributed by atoms with E-state index >= 15 is 0 Å². The van der Waals surface area contributed by atoms with Crippen molar-refractivity contribution in [2.24, 2.45) is 0 Å². The van der Waals surface area contributed by atoms with Crippen LogP contribution < -0.4 is 5.32 Å². The molecule has 0 saturated heterocycles. The molecule has 204 valence electrons. The molecule has 1 aliphatic rings. The summed E-state index contributed by atoms with van der Waals surface area (Å²) in [4.78, 5) is 39.9. The van der Waals surface area contributed by atoms with Gasteiger partial charge < -0.3 is 15.3 Å². The highest BCUT2D eigenvalue weighted by atomic mass is 35.5. The van der Waals surface area contributed by atoms with Gasteiger partial charge in [0.05, 0.1) is 35.3 Å². The summed E-state index contributed by atoms with van der Waals surface area (Å²) in [5.41, 5.74) is 3.84. The van der Waals surface area contributed by atoms with Gasteiger partial charge in [-0.2, -0.15) is 5.26 Å². The Kier molecular flexibility index (Phi) is 7.90. The van der Waals surface area contributed by atoms with Crippen LogP contribution in [0, 0.1) is 11.3 Å². The van der Waals surface area contributed by atoms with Gasteiger partial charge in [-0.3, -0.25) is 9.59 Å². The number of benzene rings is 3. The van der Waals surface area contributed by atoms with Gasteiger partial charge in [0.15, 0.2) is 0 Å². The van der Waals surface area contributed by atoms with Crippen molar-refractivity contribution >= 4 is 40.6 Å².